The lowest BCUT2D eigenvalue weighted by atomic mass is 10.2. The number of phenolic OH excluding ortho intramolecular Hbond substituents is 1. The van der Waals surface area contributed by atoms with Crippen molar-refractivity contribution in [3.8, 4) is 5.75 Å². The lowest BCUT2D eigenvalue weighted by Crippen LogP contribution is -2.32. The number of nitrogens with one attached hydrogen (secondary N) is 2. The Hall–Kier alpha value is -2.86. The molecule has 0 bridgehead atoms. The van der Waals surface area contributed by atoms with Crippen molar-refractivity contribution in [3.05, 3.63) is 59.1 Å². The molecule has 0 fully saturated rings. The van der Waals surface area contributed by atoms with Gasteiger partial charge in [0.05, 0.1) is 6.21 Å². The largest absolute Gasteiger partial charge is 0.508 e. The molecular weight excluding hydrogens is 306 g/mol. The van der Waals surface area contributed by atoms with Crippen molar-refractivity contribution in [1.29, 1.82) is 0 Å². The van der Waals surface area contributed by atoms with Gasteiger partial charge in [-0.25, -0.2) is 5.43 Å². The Kier molecular flexibility index (Phi) is 5.11. The van der Waals surface area contributed by atoms with Gasteiger partial charge in [-0.15, -0.1) is 0 Å². The van der Waals surface area contributed by atoms with Crippen LogP contribution in [0.3, 0.4) is 0 Å². The van der Waals surface area contributed by atoms with E-state index in [0.29, 0.717) is 16.3 Å². The Morgan fingerprint density at radius 1 is 1.00 bits per heavy atom. The molecule has 0 heterocycles. The number of halogens is 1. The topological polar surface area (TPSA) is 90.8 Å². The minimum Gasteiger partial charge on any atom is -0.508 e. The van der Waals surface area contributed by atoms with Crippen molar-refractivity contribution in [2.24, 2.45) is 5.10 Å². The van der Waals surface area contributed by atoms with Gasteiger partial charge in [-0.1, -0.05) is 11.6 Å². The summed E-state index contributed by atoms with van der Waals surface area (Å²) in [6, 6.07) is 12.5. The van der Waals surface area contributed by atoms with E-state index in [9.17, 15) is 9.59 Å². The third-order valence-electron chi connectivity index (χ3n) is 2.58. The molecule has 0 aliphatic carbocycles. The molecule has 3 N–H and O–H groups in total. The van der Waals surface area contributed by atoms with E-state index in [1.165, 1.54) is 18.3 Å². The molecular formula is C15H12ClN3O3. The molecule has 0 radical (unpaired) electrons. The summed E-state index contributed by atoms with van der Waals surface area (Å²) in [7, 11) is 0. The third kappa shape index (κ3) is 4.60. The van der Waals surface area contributed by atoms with Crippen LogP contribution in [-0.4, -0.2) is 23.1 Å². The highest BCUT2D eigenvalue weighted by atomic mass is 35.5. The van der Waals surface area contributed by atoms with Crippen molar-refractivity contribution in [2.45, 2.75) is 0 Å². The van der Waals surface area contributed by atoms with E-state index in [4.69, 9.17) is 16.7 Å². The van der Waals surface area contributed by atoms with Gasteiger partial charge in [0.25, 0.3) is 0 Å². The standard InChI is InChI=1S/C15H12ClN3O3/c16-11-3-5-12(6-4-11)18-14(21)15(22)19-17-9-10-1-7-13(20)8-2-10/h1-9,20H,(H,18,21)(H,19,22). The Balaban J connectivity index is 1.87. The lowest BCUT2D eigenvalue weighted by molar-refractivity contribution is -0.136. The van der Waals surface area contributed by atoms with Crippen molar-refractivity contribution >= 4 is 35.3 Å². The summed E-state index contributed by atoms with van der Waals surface area (Å²) in [5.74, 6) is -1.61. The summed E-state index contributed by atoms with van der Waals surface area (Å²) >= 11 is 5.72. The predicted octanol–water partition coefficient (Wildman–Crippen LogP) is 2.13. The minimum atomic E-state index is -0.898. The molecule has 0 unspecified atom stereocenters. The van der Waals surface area contributed by atoms with Crippen LogP contribution in [0.15, 0.2) is 53.6 Å². The Morgan fingerprint density at radius 2 is 1.64 bits per heavy atom. The van der Waals surface area contributed by atoms with Crippen LogP contribution in [0.2, 0.25) is 5.02 Å². The highest BCUT2D eigenvalue weighted by Gasteiger charge is 2.12. The van der Waals surface area contributed by atoms with Gasteiger partial charge in [-0.2, -0.15) is 5.10 Å². The normalized spacial score (nSPS) is 10.4. The number of hydrazone groups is 1. The van der Waals surface area contributed by atoms with Crippen molar-refractivity contribution < 1.29 is 14.7 Å². The number of phenols is 1. The predicted molar refractivity (Wildman–Crippen MR) is 83.9 cm³/mol. The first-order chi connectivity index (χ1) is 10.5. The highest BCUT2D eigenvalue weighted by Crippen LogP contribution is 2.13. The fraction of sp³-hybridized carbons (Fsp3) is 0. The van der Waals surface area contributed by atoms with E-state index in [1.807, 2.05) is 0 Å². The smallest absolute Gasteiger partial charge is 0.329 e. The number of nitrogens with zero attached hydrogens (tertiary/aromatic N) is 1. The summed E-state index contributed by atoms with van der Waals surface area (Å²) in [6.45, 7) is 0. The van der Waals surface area contributed by atoms with E-state index >= 15 is 0 Å². The number of benzene rings is 2. The van der Waals surface area contributed by atoms with Gasteiger partial charge in [0, 0.05) is 10.7 Å². The van der Waals surface area contributed by atoms with E-state index < -0.39 is 11.8 Å². The van der Waals surface area contributed by atoms with Gasteiger partial charge in [0.1, 0.15) is 5.75 Å². The van der Waals surface area contributed by atoms with Crippen molar-refractivity contribution in [2.75, 3.05) is 5.32 Å². The molecule has 2 amide bonds. The summed E-state index contributed by atoms with van der Waals surface area (Å²) < 4.78 is 0. The third-order valence-corrected chi connectivity index (χ3v) is 2.83. The second kappa shape index (κ2) is 7.24. The van der Waals surface area contributed by atoms with Gasteiger partial charge in [-0.3, -0.25) is 9.59 Å². The average Bonchev–Trinajstić information content (AvgIpc) is 2.51. The summed E-state index contributed by atoms with van der Waals surface area (Å²) in [5.41, 5.74) is 3.22. The fourth-order valence-corrected chi connectivity index (χ4v) is 1.62. The molecule has 6 nitrogen and oxygen atoms in total. The monoisotopic (exact) mass is 317 g/mol. The Labute approximate surface area is 131 Å². The number of carbonyl (C=O) groups excluding carboxylic acids is 2. The molecule has 2 aromatic carbocycles. The first kappa shape index (κ1) is 15.5. The maximum Gasteiger partial charge on any atom is 0.329 e. The van der Waals surface area contributed by atoms with Crippen LogP contribution in [0.5, 0.6) is 5.75 Å². The molecule has 0 saturated carbocycles. The van der Waals surface area contributed by atoms with Crippen LogP contribution < -0.4 is 10.7 Å². The molecule has 0 saturated heterocycles. The Bertz CT molecular complexity index is 697. The van der Waals surface area contributed by atoms with E-state index in [0.717, 1.165) is 0 Å². The quantitative estimate of drug-likeness (QED) is 0.460. The van der Waals surface area contributed by atoms with E-state index in [2.05, 4.69) is 15.8 Å². The van der Waals surface area contributed by atoms with Crippen molar-refractivity contribution in [3.63, 3.8) is 0 Å². The van der Waals surface area contributed by atoms with Crippen LogP contribution in [0.4, 0.5) is 5.69 Å². The van der Waals surface area contributed by atoms with Gasteiger partial charge < -0.3 is 10.4 Å². The number of hydrogen-bond donors (Lipinski definition) is 3. The van der Waals surface area contributed by atoms with E-state index in [1.54, 1.807) is 36.4 Å². The zero-order valence-electron chi connectivity index (χ0n) is 11.3. The zero-order chi connectivity index (χ0) is 15.9. The molecule has 0 atom stereocenters. The number of amides is 2. The number of carbonyl (C=O) groups is 2. The lowest BCUT2D eigenvalue weighted by Gasteiger charge is -2.03. The van der Waals surface area contributed by atoms with Crippen LogP contribution in [0.25, 0.3) is 0 Å². The average molecular weight is 318 g/mol. The Morgan fingerprint density at radius 3 is 2.27 bits per heavy atom. The zero-order valence-corrected chi connectivity index (χ0v) is 12.0. The van der Waals surface area contributed by atoms with Crippen LogP contribution in [-0.2, 0) is 9.59 Å². The molecule has 22 heavy (non-hydrogen) atoms. The first-order valence-electron chi connectivity index (χ1n) is 6.23. The van der Waals surface area contributed by atoms with Gasteiger partial charge >= 0.3 is 11.8 Å². The van der Waals surface area contributed by atoms with Gasteiger partial charge in [0.2, 0.25) is 0 Å². The SMILES string of the molecule is O=C(NN=Cc1ccc(O)cc1)C(=O)Nc1ccc(Cl)cc1. The molecule has 0 spiro atoms. The van der Waals surface area contributed by atoms with E-state index in [-0.39, 0.29) is 5.75 Å². The molecule has 0 aliphatic rings. The molecule has 0 aromatic heterocycles. The van der Waals surface area contributed by atoms with Crippen LogP contribution in [0, 0.1) is 0 Å². The number of hydrogen-bond acceptors (Lipinski definition) is 4. The second-order valence-electron chi connectivity index (χ2n) is 4.25. The molecule has 7 heteroatoms. The van der Waals surface area contributed by atoms with Gasteiger partial charge in [0.15, 0.2) is 0 Å². The molecule has 2 aromatic rings. The van der Waals surface area contributed by atoms with Gasteiger partial charge in [-0.05, 0) is 54.1 Å². The molecule has 2 rings (SSSR count). The van der Waals surface area contributed by atoms with Crippen molar-refractivity contribution in [1.82, 2.24) is 5.43 Å². The molecule has 0 aliphatic heterocycles. The first-order valence-corrected chi connectivity index (χ1v) is 6.61. The summed E-state index contributed by atoms with van der Waals surface area (Å²) in [6.07, 6.45) is 1.35. The maximum absolute atomic E-state index is 11.6. The van der Waals surface area contributed by atoms with Crippen LogP contribution >= 0.6 is 11.6 Å². The molecule has 112 valence electrons. The number of aromatic hydroxyl groups is 1. The summed E-state index contributed by atoms with van der Waals surface area (Å²) in [5, 5.41) is 15.7. The second-order valence-corrected chi connectivity index (χ2v) is 4.69. The maximum atomic E-state index is 11.6. The highest BCUT2D eigenvalue weighted by molar-refractivity contribution is 6.39. The fourth-order valence-electron chi connectivity index (χ4n) is 1.50. The number of rotatable bonds is 3. The van der Waals surface area contributed by atoms with Crippen LogP contribution in [0.1, 0.15) is 5.56 Å². The summed E-state index contributed by atoms with van der Waals surface area (Å²) in [4.78, 5) is 23.2. The number of anilines is 1. The minimum absolute atomic E-state index is 0.128.